The summed E-state index contributed by atoms with van der Waals surface area (Å²) in [6.07, 6.45) is 9.79. The fourth-order valence-corrected chi connectivity index (χ4v) is 3.55. The van der Waals surface area contributed by atoms with Gasteiger partial charge >= 0.3 is 0 Å². The van der Waals surface area contributed by atoms with Gasteiger partial charge in [0.1, 0.15) is 0 Å². The Morgan fingerprint density at radius 2 is 1.80 bits per heavy atom. The molecule has 15 heavy (non-hydrogen) atoms. The number of fused-ring (bicyclic) bond motifs is 1. The Kier molecular flexibility index (Phi) is 2.31. The molecule has 1 fully saturated rings. The third kappa shape index (κ3) is 1.51. The minimum Gasteiger partial charge on any atom is -0.0585 e. The van der Waals surface area contributed by atoms with Gasteiger partial charge in [-0.25, -0.2) is 0 Å². The fourth-order valence-electron chi connectivity index (χ4n) is 3.55. The van der Waals surface area contributed by atoms with Gasteiger partial charge < -0.3 is 0 Å². The van der Waals surface area contributed by atoms with Gasteiger partial charge in [-0.2, -0.15) is 0 Å². The van der Waals surface area contributed by atoms with Crippen LogP contribution in [0.2, 0.25) is 0 Å². The number of hydrogen-bond donors (Lipinski definition) is 0. The van der Waals surface area contributed by atoms with Gasteiger partial charge in [0.05, 0.1) is 0 Å². The summed E-state index contributed by atoms with van der Waals surface area (Å²) in [5.74, 6) is 0.885. The number of hydrogen-bond acceptors (Lipinski definition) is 0. The number of rotatable bonds is 1. The van der Waals surface area contributed by atoms with Gasteiger partial charge in [-0.3, -0.25) is 0 Å². The molecule has 0 heteroatoms. The highest BCUT2D eigenvalue weighted by Gasteiger charge is 2.22. The summed E-state index contributed by atoms with van der Waals surface area (Å²) in [6.45, 7) is 2.36. The lowest BCUT2D eigenvalue weighted by atomic mass is 9.89. The zero-order chi connectivity index (χ0) is 10.3. The van der Waals surface area contributed by atoms with Crippen LogP contribution in [-0.2, 0) is 12.8 Å². The van der Waals surface area contributed by atoms with Crippen molar-refractivity contribution < 1.29 is 0 Å². The summed E-state index contributed by atoms with van der Waals surface area (Å²) < 4.78 is 0. The Morgan fingerprint density at radius 3 is 2.60 bits per heavy atom. The van der Waals surface area contributed by atoms with Crippen molar-refractivity contribution in [3.05, 3.63) is 34.4 Å². The van der Waals surface area contributed by atoms with Gasteiger partial charge in [0.25, 0.3) is 0 Å². The molecule has 0 heterocycles. The van der Waals surface area contributed by atoms with Crippen molar-refractivity contribution in [1.82, 2.24) is 0 Å². The van der Waals surface area contributed by atoms with Crippen LogP contribution in [0.15, 0.2) is 12.1 Å². The molecule has 2 aliphatic rings. The molecule has 80 valence electrons. The van der Waals surface area contributed by atoms with E-state index in [1.54, 1.807) is 22.3 Å². The maximum absolute atomic E-state index is 2.43. The van der Waals surface area contributed by atoms with Gasteiger partial charge in [-0.05, 0) is 67.2 Å². The van der Waals surface area contributed by atoms with Crippen molar-refractivity contribution in [1.29, 1.82) is 0 Å². The quantitative estimate of drug-likeness (QED) is 0.639. The molecule has 0 aliphatic heterocycles. The van der Waals surface area contributed by atoms with Crippen LogP contribution in [0.25, 0.3) is 0 Å². The van der Waals surface area contributed by atoms with Crippen molar-refractivity contribution in [2.24, 2.45) is 0 Å². The Balaban J connectivity index is 2.01. The molecule has 2 aliphatic carbocycles. The van der Waals surface area contributed by atoms with Crippen LogP contribution >= 0.6 is 0 Å². The molecule has 0 unspecified atom stereocenters. The first-order chi connectivity index (χ1) is 7.36. The van der Waals surface area contributed by atoms with Gasteiger partial charge in [-0.15, -0.1) is 0 Å². The first kappa shape index (κ1) is 9.45. The maximum Gasteiger partial charge on any atom is -0.0159 e. The summed E-state index contributed by atoms with van der Waals surface area (Å²) in [4.78, 5) is 0. The summed E-state index contributed by atoms with van der Waals surface area (Å²) in [5.41, 5.74) is 6.64. The minimum absolute atomic E-state index is 0.885. The van der Waals surface area contributed by atoms with Crippen molar-refractivity contribution in [3.8, 4) is 0 Å². The summed E-state index contributed by atoms with van der Waals surface area (Å²) in [5, 5.41) is 0. The lowest BCUT2D eigenvalue weighted by Crippen LogP contribution is -1.99. The lowest BCUT2D eigenvalue weighted by Gasteiger charge is -2.16. The van der Waals surface area contributed by atoms with Crippen LogP contribution < -0.4 is 0 Å². The van der Waals surface area contributed by atoms with Crippen LogP contribution in [0.5, 0.6) is 0 Å². The Labute approximate surface area is 92.7 Å². The molecule has 0 atom stereocenters. The third-order valence-corrected chi connectivity index (χ3v) is 4.41. The molecule has 1 aromatic carbocycles. The Hall–Kier alpha value is -0.780. The third-order valence-electron chi connectivity index (χ3n) is 4.41. The minimum atomic E-state index is 0.885. The predicted octanol–water partition coefficient (Wildman–Crippen LogP) is 4.14. The van der Waals surface area contributed by atoms with Crippen molar-refractivity contribution in [2.75, 3.05) is 0 Å². The van der Waals surface area contributed by atoms with E-state index in [0.29, 0.717) is 0 Å². The zero-order valence-electron chi connectivity index (χ0n) is 9.68. The first-order valence-electron chi connectivity index (χ1n) is 6.47. The van der Waals surface area contributed by atoms with E-state index in [4.69, 9.17) is 0 Å². The summed E-state index contributed by atoms with van der Waals surface area (Å²) in [7, 11) is 0. The molecule has 0 bridgehead atoms. The second-order valence-electron chi connectivity index (χ2n) is 5.25. The van der Waals surface area contributed by atoms with E-state index < -0.39 is 0 Å². The van der Waals surface area contributed by atoms with Crippen LogP contribution in [-0.4, -0.2) is 0 Å². The predicted molar refractivity (Wildman–Crippen MR) is 64.4 cm³/mol. The monoisotopic (exact) mass is 200 g/mol. The summed E-state index contributed by atoms with van der Waals surface area (Å²) in [6, 6.07) is 4.83. The van der Waals surface area contributed by atoms with Crippen LogP contribution in [0.4, 0.5) is 0 Å². The second-order valence-corrected chi connectivity index (χ2v) is 5.25. The average molecular weight is 200 g/mol. The molecule has 0 saturated heterocycles. The molecule has 0 aromatic heterocycles. The smallest absolute Gasteiger partial charge is 0.0159 e. The standard InChI is InChI=1S/C15H20/c1-11-14-8-4-7-13(14)9-10-15(11)12-5-2-3-6-12/h9-10,12H,2-8H2,1H3. The van der Waals surface area contributed by atoms with E-state index in [1.165, 1.54) is 44.9 Å². The Morgan fingerprint density at radius 1 is 1.00 bits per heavy atom. The van der Waals surface area contributed by atoms with E-state index in [1.807, 2.05) is 0 Å². The van der Waals surface area contributed by atoms with Crippen molar-refractivity contribution in [3.63, 3.8) is 0 Å². The second kappa shape index (κ2) is 3.66. The van der Waals surface area contributed by atoms with E-state index in [2.05, 4.69) is 19.1 Å². The fraction of sp³-hybridized carbons (Fsp3) is 0.600. The number of benzene rings is 1. The topological polar surface area (TPSA) is 0 Å². The van der Waals surface area contributed by atoms with Crippen LogP contribution in [0.3, 0.4) is 0 Å². The zero-order valence-corrected chi connectivity index (χ0v) is 9.68. The van der Waals surface area contributed by atoms with Crippen molar-refractivity contribution >= 4 is 0 Å². The van der Waals surface area contributed by atoms with Gasteiger partial charge in [0, 0.05) is 0 Å². The van der Waals surface area contributed by atoms with Gasteiger partial charge in [0.15, 0.2) is 0 Å². The SMILES string of the molecule is Cc1c(C2CCCC2)ccc2c1CCC2. The van der Waals surface area contributed by atoms with Crippen molar-refractivity contribution in [2.45, 2.75) is 57.8 Å². The molecule has 0 N–H and O–H groups in total. The molecule has 0 amide bonds. The van der Waals surface area contributed by atoms with E-state index in [9.17, 15) is 0 Å². The van der Waals surface area contributed by atoms with E-state index >= 15 is 0 Å². The molecule has 0 spiro atoms. The Bertz CT molecular complexity index is 370. The molecular formula is C15H20. The van der Waals surface area contributed by atoms with Crippen LogP contribution in [0, 0.1) is 6.92 Å². The first-order valence-corrected chi connectivity index (χ1v) is 6.47. The lowest BCUT2D eigenvalue weighted by molar-refractivity contribution is 0.716. The molecule has 1 saturated carbocycles. The molecule has 0 nitrogen and oxygen atoms in total. The highest BCUT2D eigenvalue weighted by molar-refractivity contribution is 5.44. The number of aryl methyl sites for hydroxylation is 1. The van der Waals surface area contributed by atoms with E-state index in [0.717, 1.165) is 5.92 Å². The maximum atomic E-state index is 2.43. The normalized spacial score (nSPS) is 20.9. The van der Waals surface area contributed by atoms with Gasteiger partial charge in [-0.1, -0.05) is 25.0 Å². The average Bonchev–Trinajstić information content (AvgIpc) is 2.87. The highest BCUT2D eigenvalue weighted by Crippen LogP contribution is 2.38. The molecule has 1 aromatic rings. The van der Waals surface area contributed by atoms with E-state index in [-0.39, 0.29) is 0 Å². The summed E-state index contributed by atoms with van der Waals surface area (Å²) >= 11 is 0. The van der Waals surface area contributed by atoms with Gasteiger partial charge in [0.2, 0.25) is 0 Å². The highest BCUT2D eigenvalue weighted by atomic mass is 14.3. The van der Waals surface area contributed by atoms with Crippen LogP contribution in [0.1, 0.15) is 60.3 Å². The molecular weight excluding hydrogens is 180 g/mol. The largest absolute Gasteiger partial charge is 0.0585 e. The molecule has 3 rings (SSSR count). The molecule has 0 radical (unpaired) electrons.